The molecule has 3 nitrogen and oxygen atoms in total. The Labute approximate surface area is 126 Å². The van der Waals surface area contributed by atoms with E-state index in [1.807, 2.05) is 4.90 Å². The number of benzene rings is 1. The van der Waals surface area contributed by atoms with E-state index in [4.69, 9.17) is 0 Å². The van der Waals surface area contributed by atoms with Gasteiger partial charge < -0.3 is 9.47 Å². The van der Waals surface area contributed by atoms with Crippen molar-refractivity contribution < 1.29 is 4.79 Å². The van der Waals surface area contributed by atoms with Crippen molar-refractivity contribution in [2.24, 2.45) is 7.05 Å². The van der Waals surface area contributed by atoms with Crippen LogP contribution in [-0.4, -0.2) is 28.5 Å². The maximum Gasteiger partial charge on any atom is 0.222 e. The molecule has 0 bridgehead atoms. The van der Waals surface area contributed by atoms with Crippen molar-refractivity contribution in [3.05, 3.63) is 36.0 Å². The van der Waals surface area contributed by atoms with Crippen molar-refractivity contribution in [2.75, 3.05) is 13.1 Å². The average Bonchev–Trinajstić information content (AvgIpc) is 2.85. The highest BCUT2D eigenvalue weighted by atomic mass is 16.2. The molecule has 1 aromatic carbocycles. The topological polar surface area (TPSA) is 25.2 Å². The fourth-order valence-electron chi connectivity index (χ4n) is 3.50. The van der Waals surface area contributed by atoms with Gasteiger partial charge in [-0.1, -0.05) is 25.1 Å². The number of aryl methyl sites for hydroxylation is 1. The number of para-hydroxylation sites is 1. The second-order valence-corrected chi connectivity index (χ2v) is 6.09. The van der Waals surface area contributed by atoms with Crippen LogP contribution in [0.2, 0.25) is 0 Å². The van der Waals surface area contributed by atoms with Crippen LogP contribution in [0.25, 0.3) is 10.9 Å². The first-order chi connectivity index (χ1) is 10.2. The number of likely N-dealkylation sites (tertiary alicyclic amines) is 1. The van der Waals surface area contributed by atoms with Gasteiger partial charge in [0.25, 0.3) is 0 Å². The van der Waals surface area contributed by atoms with Gasteiger partial charge in [0.2, 0.25) is 5.91 Å². The molecule has 1 aliphatic heterocycles. The van der Waals surface area contributed by atoms with E-state index in [0.717, 1.165) is 32.4 Å². The van der Waals surface area contributed by atoms with Crippen molar-refractivity contribution >= 4 is 16.8 Å². The Bertz CT molecular complexity index is 636. The number of carbonyl (C=O) groups is 1. The van der Waals surface area contributed by atoms with E-state index in [2.05, 4.69) is 48.9 Å². The molecular formula is C18H24N2O. The van der Waals surface area contributed by atoms with Crippen LogP contribution in [0.5, 0.6) is 0 Å². The molecule has 0 spiro atoms. The number of carbonyl (C=O) groups excluding carboxylic acids is 1. The lowest BCUT2D eigenvalue weighted by molar-refractivity contribution is -0.132. The highest BCUT2D eigenvalue weighted by Crippen LogP contribution is 2.32. The predicted octanol–water partition coefficient (Wildman–Crippen LogP) is 3.68. The number of piperidine rings is 1. The number of hydrogen-bond acceptors (Lipinski definition) is 1. The lowest BCUT2D eigenvalue weighted by atomic mass is 9.93. The standard InChI is InChI=1S/C18H24N2O/c1-3-6-18(21)20-11-9-14(10-12-20)17-13-15-7-4-5-8-16(15)19(17)2/h4-5,7-8,13-14H,3,6,9-12H2,1-2H3. The summed E-state index contributed by atoms with van der Waals surface area (Å²) in [6.45, 7) is 3.89. The minimum atomic E-state index is 0.327. The maximum absolute atomic E-state index is 12.0. The van der Waals surface area contributed by atoms with Crippen molar-refractivity contribution in [1.82, 2.24) is 9.47 Å². The molecule has 0 unspecified atom stereocenters. The molecule has 1 saturated heterocycles. The summed E-state index contributed by atoms with van der Waals surface area (Å²) in [5.41, 5.74) is 2.72. The molecule has 0 atom stereocenters. The predicted molar refractivity (Wildman–Crippen MR) is 86.4 cm³/mol. The van der Waals surface area contributed by atoms with Crippen LogP contribution < -0.4 is 0 Å². The average molecular weight is 284 g/mol. The van der Waals surface area contributed by atoms with Crippen molar-refractivity contribution in [1.29, 1.82) is 0 Å². The van der Waals surface area contributed by atoms with Gasteiger partial charge in [-0.05, 0) is 36.8 Å². The van der Waals surface area contributed by atoms with Gasteiger partial charge in [0, 0.05) is 43.7 Å². The SMILES string of the molecule is CCCC(=O)N1CCC(c2cc3ccccc3n2C)CC1. The van der Waals surface area contributed by atoms with Crippen molar-refractivity contribution in [3.63, 3.8) is 0 Å². The lowest BCUT2D eigenvalue weighted by Gasteiger charge is -2.32. The molecule has 0 saturated carbocycles. The van der Waals surface area contributed by atoms with Gasteiger partial charge in [-0.15, -0.1) is 0 Å². The van der Waals surface area contributed by atoms with Gasteiger partial charge in [-0.25, -0.2) is 0 Å². The highest BCUT2D eigenvalue weighted by molar-refractivity contribution is 5.81. The van der Waals surface area contributed by atoms with Gasteiger partial charge in [-0.3, -0.25) is 4.79 Å². The number of amides is 1. The summed E-state index contributed by atoms with van der Waals surface area (Å²) < 4.78 is 2.32. The van der Waals surface area contributed by atoms with Crippen LogP contribution in [-0.2, 0) is 11.8 Å². The van der Waals surface area contributed by atoms with Gasteiger partial charge >= 0.3 is 0 Å². The summed E-state index contributed by atoms with van der Waals surface area (Å²) in [5.74, 6) is 0.904. The molecule has 1 fully saturated rings. The van der Waals surface area contributed by atoms with Crippen LogP contribution in [0.1, 0.15) is 44.2 Å². The zero-order valence-electron chi connectivity index (χ0n) is 13.0. The Balaban J connectivity index is 1.74. The van der Waals surface area contributed by atoms with Crippen molar-refractivity contribution in [3.8, 4) is 0 Å². The maximum atomic E-state index is 12.0. The molecule has 112 valence electrons. The van der Waals surface area contributed by atoms with Crippen molar-refractivity contribution in [2.45, 2.75) is 38.5 Å². The Morgan fingerprint density at radius 1 is 1.24 bits per heavy atom. The van der Waals surface area contributed by atoms with Crippen LogP contribution in [0.15, 0.2) is 30.3 Å². The lowest BCUT2D eigenvalue weighted by Crippen LogP contribution is -2.38. The molecule has 21 heavy (non-hydrogen) atoms. The molecule has 3 heteroatoms. The summed E-state index contributed by atoms with van der Waals surface area (Å²) in [6.07, 6.45) is 3.81. The Morgan fingerprint density at radius 3 is 2.62 bits per heavy atom. The molecular weight excluding hydrogens is 260 g/mol. The summed E-state index contributed by atoms with van der Waals surface area (Å²) in [7, 11) is 2.16. The number of aromatic nitrogens is 1. The highest BCUT2D eigenvalue weighted by Gasteiger charge is 2.25. The molecule has 1 aliphatic rings. The Kier molecular flexibility index (Phi) is 4.00. The van der Waals surface area contributed by atoms with E-state index in [1.165, 1.54) is 16.6 Å². The molecule has 1 aromatic heterocycles. The zero-order valence-corrected chi connectivity index (χ0v) is 13.0. The molecule has 1 amide bonds. The quantitative estimate of drug-likeness (QED) is 0.844. The molecule has 0 N–H and O–H groups in total. The third kappa shape index (κ3) is 2.69. The molecule has 2 aromatic rings. The van der Waals surface area contributed by atoms with E-state index >= 15 is 0 Å². The fourth-order valence-corrected chi connectivity index (χ4v) is 3.50. The van der Waals surface area contributed by atoms with E-state index in [-0.39, 0.29) is 0 Å². The first-order valence-electron chi connectivity index (χ1n) is 8.03. The number of rotatable bonds is 3. The Hall–Kier alpha value is -1.77. The zero-order chi connectivity index (χ0) is 14.8. The number of fused-ring (bicyclic) bond motifs is 1. The van der Waals surface area contributed by atoms with E-state index in [0.29, 0.717) is 18.2 Å². The van der Waals surface area contributed by atoms with Gasteiger partial charge in [0.05, 0.1) is 0 Å². The Morgan fingerprint density at radius 2 is 1.95 bits per heavy atom. The third-order valence-electron chi connectivity index (χ3n) is 4.72. The minimum absolute atomic E-state index is 0.327. The first-order valence-corrected chi connectivity index (χ1v) is 8.03. The summed E-state index contributed by atoms with van der Waals surface area (Å²) in [6, 6.07) is 10.9. The monoisotopic (exact) mass is 284 g/mol. The molecule has 2 heterocycles. The van der Waals surface area contributed by atoms with Crippen LogP contribution in [0, 0.1) is 0 Å². The molecule has 3 rings (SSSR count). The van der Waals surface area contributed by atoms with Gasteiger partial charge in [0.1, 0.15) is 0 Å². The van der Waals surface area contributed by atoms with Crippen LogP contribution >= 0.6 is 0 Å². The van der Waals surface area contributed by atoms with Crippen LogP contribution in [0.4, 0.5) is 0 Å². The molecule has 0 radical (unpaired) electrons. The molecule has 0 aliphatic carbocycles. The van der Waals surface area contributed by atoms with Crippen LogP contribution in [0.3, 0.4) is 0 Å². The number of nitrogens with zero attached hydrogens (tertiary/aromatic N) is 2. The second kappa shape index (κ2) is 5.92. The van der Waals surface area contributed by atoms with E-state index < -0.39 is 0 Å². The first kappa shape index (κ1) is 14.2. The largest absolute Gasteiger partial charge is 0.347 e. The summed E-state index contributed by atoms with van der Waals surface area (Å²) >= 11 is 0. The van der Waals surface area contributed by atoms with Gasteiger partial charge in [0.15, 0.2) is 0 Å². The van der Waals surface area contributed by atoms with E-state index in [1.54, 1.807) is 0 Å². The summed E-state index contributed by atoms with van der Waals surface area (Å²) in [4.78, 5) is 14.0. The fraction of sp³-hybridized carbons (Fsp3) is 0.500. The smallest absolute Gasteiger partial charge is 0.222 e. The minimum Gasteiger partial charge on any atom is -0.347 e. The third-order valence-corrected chi connectivity index (χ3v) is 4.72. The normalized spacial score (nSPS) is 16.6. The second-order valence-electron chi connectivity index (χ2n) is 6.09. The number of hydrogen-bond donors (Lipinski definition) is 0. The van der Waals surface area contributed by atoms with Gasteiger partial charge in [-0.2, -0.15) is 0 Å². The van der Waals surface area contributed by atoms with E-state index in [9.17, 15) is 4.79 Å². The summed E-state index contributed by atoms with van der Waals surface area (Å²) in [5, 5.41) is 1.32.